The molecule has 1 aliphatic rings. The molecule has 1 rings (SSSR count). The van der Waals surface area contributed by atoms with Gasteiger partial charge in [0, 0.05) is 6.42 Å². The van der Waals surface area contributed by atoms with Gasteiger partial charge in [0.15, 0.2) is 6.29 Å². The summed E-state index contributed by atoms with van der Waals surface area (Å²) in [6.45, 7) is 3.81. The third-order valence-corrected chi connectivity index (χ3v) is 16.6. The summed E-state index contributed by atoms with van der Waals surface area (Å²) in [5.74, 6) is -0.182. The number of rotatable bonds is 61. The number of amides is 1. The molecule has 0 aliphatic carbocycles. The molecule has 80 heavy (non-hydrogen) atoms. The fourth-order valence-electron chi connectivity index (χ4n) is 11.1. The Hall–Kier alpha value is -1.85. The molecule has 1 amide bonds. The number of carbonyl (C=O) groups excluding carboxylic acids is 1. The standard InChI is InChI=1S/C71H133NO8/c1-3-5-7-9-11-13-15-17-19-21-23-25-27-28-29-30-31-32-33-34-35-36-37-38-39-41-43-45-47-49-51-53-55-57-59-61-67(75)72-64(63-79-71-70(78)69(77)68(76)66(62-73)80-71)65(74)60-58-56-54-52-50-48-46-44-42-40-26-24-22-20-18-16-14-12-10-8-6-4-2/h27-28,30-31,50,52,58,60,64-66,68-71,73-74,76-78H,3-26,29,32-49,51,53-57,59,61-63H2,1-2H3,(H,72,75)/b28-27-,31-30-,52-50+,60-58+. The molecule has 1 aliphatic heterocycles. The topological polar surface area (TPSA) is 149 Å². The lowest BCUT2D eigenvalue weighted by Crippen LogP contribution is -2.60. The van der Waals surface area contributed by atoms with Gasteiger partial charge in [-0.1, -0.05) is 319 Å². The first-order valence-corrected chi connectivity index (χ1v) is 34.9. The van der Waals surface area contributed by atoms with Crippen molar-refractivity contribution < 1.29 is 39.8 Å². The first kappa shape index (κ1) is 76.2. The molecule has 1 fully saturated rings. The fourth-order valence-corrected chi connectivity index (χ4v) is 11.1. The van der Waals surface area contributed by atoms with Gasteiger partial charge in [-0.05, 0) is 64.2 Å². The van der Waals surface area contributed by atoms with E-state index in [1.807, 2.05) is 6.08 Å². The van der Waals surface area contributed by atoms with Crippen LogP contribution in [0.4, 0.5) is 0 Å². The van der Waals surface area contributed by atoms with Crippen molar-refractivity contribution in [2.75, 3.05) is 13.2 Å². The highest BCUT2D eigenvalue weighted by atomic mass is 16.7. The van der Waals surface area contributed by atoms with Gasteiger partial charge in [-0.3, -0.25) is 4.79 Å². The minimum atomic E-state index is -1.57. The number of hydrogen-bond donors (Lipinski definition) is 6. The molecule has 0 bridgehead atoms. The number of unbranched alkanes of at least 4 members (excludes halogenated alkanes) is 45. The van der Waals surface area contributed by atoms with Crippen LogP contribution in [-0.2, 0) is 14.3 Å². The van der Waals surface area contributed by atoms with E-state index < -0.39 is 49.5 Å². The zero-order chi connectivity index (χ0) is 57.9. The van der Waals surface area contributed by atoms with E-state index in [9.17, 15) is 30.3 Å². The third-order valence-electron chi connectivity index (χ3n) is 16.6. The smallest absolute Gasteiger partial charge is 0.220 e. The normalized spacial score (nSPS) is 18.7. The van der Waals surface area contributed by atoms with Crippen LogP contribution >= 0.6 is 0 Å². The molecule has 1 saturated heterocycles. The van der Waals surface area contributed by atoms with Crippen molar-refractivity contribution in [3.63, 3.8) is 0 Å². The third kappa shape index (κ3) is 48.5. The summed E-state index contributed by atoms with van der Waals surface area (Å²) in [4.78, 5) is 13.1. The largest absolute Gasteiger partial charge is 0.394 e. The van der Waals surface area contributed by atoms with Crippen molar-refractivity contribution in [2.45, 2.75) is 384 Å². The second-order valence-corrected chi connectivity index (χ2v) is 24.3. The van der Waals surface area contributed by atoms with Gasteiger partial charge in [-0.25, -0.2) is 0 Å². The molecular weight excluding hydrogens is 995 g/mol. The summed E-state index contributed by atoms with van der Waals surface area (Å²) in [6.07, 6.45) is 75.1. The van der Waals surface area contributed by atoms with Crippen molar-refractivity contribution in [2.24, 2.45) is 0 Å². The van der Waals surface area contributed by atoms with E-state index in [2.05, 4.69) is 55.6 Å². The lowest BCUT2D eigenvalue weighted by Gasteiger charge is -2.40. The average Bonchev–Trinajstić information content (AvgIpc) is 3.46. The predicted octanol–water partition coefficient (Wildman–Crippen LogP) is 18.8. The van der Waals surface area contributed by atoms with Crippen molar-refractivity contribution in [1.29, 1.82) is 0 Å². The highest BCUT2D eigenvalue weighted by molar-refractivity contribution is 5.76. The van der Waals surface area contributed by atoms with Gasteiger partial charge in [0.2, 0.25) is 5.91 Å². The highest BCUT2D eigenvalue weighted by Crippen LogP contribution is 2.23. The van der Waals surface area contributed by atoms with Crippen LogP contribution in [0.1, 0.15) is 341 Å². The maximum Gasteiger partial charge on any atom is 0.220 e. The quantitative estimate of drug-likeness (QED) is 0.0261. The summed E-state index contributed by atoms with van der Waals surface area (Å²) in [7, 11) is 0. The number of allylic oxidation sites excluding steroid dienone is 7. The Morgan fingerprint density at radius 2 is 0.750 bits per heavy atom. The molecule has 9 heteroatoms. The highest BCUT2D eigenvalue weighted by Gasteiger charge is 2.44. The van der Waals surface area contributed by atoms with E-state index in [1.54, 1.807) is 6.08 Å². The second kappa shape index (κ2) is 60.3. The van der Waals surface area contributed by atoms with Crippen LogP contribution in [0.25, 0.3) is 0 Å². The lowest BCUT2D eigenvalue weighted by atomic mass is 9.99. The van der Waals surface area contributed by atoms with Gasteiger partial charge in [0.05, 0.1) is 25.4 Å². The van der Waals surface area contributed by atoms with E-state index in [1.165, 1.54) is 276 Å². The van der Waals surface area contributed by atoms with Gasteiger partial charge in [0.1, 0.15) is 24.4 Å². The lowest BCUT2D eigenvalue weighted by molar-refractivity contribution is -0.302. The summed E-state index contributed by atoms with van der Waals surface area (Å²) >= 11 is 0. The molecule has 7 unspecified atom stereocenters. The number of aliphatic hydroxyl groups excluding tert-OH is 5. The molecular formula is C71H133NO8. The first-order valence-electron chi connectivity index (χ1n) is 34.9. The molecule has 7 atom stereocenters. The van der Waals surface area contributed by atoms with Crippen LogP contribution in [0.3, 0.4) is 0 Å². The monoisotopic (exact) mass is 1130 g/mol. The number of ether oxygens (including phenoxy) is 2. The van der Waals surface area contributed by atoms with Crippen molar-refractivity contribution in [1.82, 2.24) is 5.32 Å². The number of nitrogens with one attached hydrogen (secondary N) is 1. The van der Waals surface area contributed by atoms with Gasteiger partial charge >= 0.3 is 0 Å². The average molecular weight is 1130 g/mol. The Kier molecular flexibility index (Phi) is 57.4. The van der Waals surface area contributed by atoms with E-state index in [4.69, 9.17) is 9.47 Å². The summed E-state index contributed by atoms with van der Waals surface area (Å²) in [6, 6.07) is -0.823. The molecule has 1 heterocycles. The van der Waals surface area contributed by atoms with Crippen molar-refractivity contribution in [3.05, 3.63) is 48.6 Å². The van der Waals surface area contributed by atoms with E-state index in [-0.39, 0.29) is 12.5 Å². The van der Waals surface area contributed by atoms with Crippen LogP contribution < -0.4 is 5.32 Å². The predicted molar refractivity (Wildman–Crippen MR) is 341 cm³/mol. The van der Waals surface area contributed by atoms with Gasteiger partial charge in [0.25, 0.3) is 0 Å². The van der Waals surface area contributed by atoms with Crippen LogP contribution in [-0.4, -0.2) is 87.5 Å². The Bertz CT molecular complexity index is 1400. The van der Waals surface area contributed by atoms with E-state index >= 15 is 0 Å². The zero-order valence-corrected chi connectivity index (χ0v) is 52.6. The van der Waals surface area contributed by atoms with Crippen molar-refractivity contribution >= 4 is 5.91 Å². The van der Waals surface area contributed by atoms with Gasteiger partial charge < -0.3 is 40.3 Å². The van der Waals surface area contributed by atoms with Crippen LogP contribution in [0.5, 0.6) is 0 Å². The molecule has 0 aromatic carbocycles. The molecule has 6 N–H and O–H groups in total. The molecule has 0 aromatic rings. The maximum atomic E-state index is 13.1. The maximum absolute atomic E-state index is 13.1. The Labute approximate surface area is 494 Å². The zero-order valence-electron chi connectivity index (χ0n) is 52.6. The number of carbonyl (C=O) groups is 1. The Balaban J connectivity index is 2.12. The Morgan fingerprint density at radius 3 is 1.12 bits per heavy atom. The summed E-state index contributed by atoms with van der Waals surface area (Å²) in [5.41, 5.74) is 0. The molecule has 9 nitrogen and oxygen atoms in total. The Morgan fingerprint density at radius 1 is 0.425 bits per heavy atom. The minimum Gasteiger partial charge on any atom is -0.394 e. The molecule has 0 spiro atoms. The molecule has 470 valence electrons. The van der Waals surface area contributed by atoms with Gasteiger partial charge in [-0.2, -0.15) is 0 Å². The van der Waals surface area contributed by atoms with Crippen LogP contribution in [0, 0.1) is 0 Å². The second-order valence-electron chi connectivity index (χ2n) is 24.3. The summed E-state index contributed by atoms with van der Waals surface area (Å²) < 4.78 is 11.3. The van der Waals surface area contributed by atoms with Crippen LogP contribution in [0.15, 0.2) is 48.6 Å². The molecule has 0 aromatic heterocycles. The van der Waals surface area contributed by atoms with E-state index in [0.29, 0.717) is 6.42 Å². The minimum absolute atomic E-state index is 0.182. The molecule has 0 radical (unpaired) electrons. The fraction of sp³-hybridized carbons (Fsp3) is 0.873. The van der Waals surface area contributed by atoms with Gasteiger partial charge in [-0.15, -0.1) is 0 Å². The number of hydrogen-bond acceptors (Lipinski definition) is 8. The summed E-state index contributed by atoms with van der Waals surface area (Å²) in [5, 5.41) is 54.7. The first-order chi connectivity index (χ1) is 39.3. The molecule has 0 saturated carbocycles. The SMILES string of the molecule is CCCCCCCCCCCCC/C=C\C/C=C\CCCCCCCCCCCCCCCCCCCC(=O)NC(COC1OC(CO)C(O)C(O)C1O)C(O)/C=C/CC/C=C/CCCCCCCCCCCCCCCCCC. The van der Waals surface area contributed by atoms with Crippen molar-refractivity contribution in [3.8, 4) is 0 Å². The van der Waals surface area contributed by atoms with Crippen LogP contribution in [0.2, 0.25) is 0 Å². The number of aliphatic hydroxyl groups is 5. The van der Waals surface area contributed by atoms with E-state index in [0.717, 1.165) is 44.9 Å².